The maximum Gasteiger partial charge on any atom is 0.111 e. The predicted molar refractivity (Wildman–Crippen MR) is 67.7 cm³/mol. The highest BCUT2D eigenvalue weighted by atomic mass is 35.5. The highest BCUT2D eigenvalue weighted by molar-refractivity contribution is 6.34. The molecule has 2 aromatic rings. The number of benzene rings is 1. The van der Waals surface area contributed by atoms with Crippen LogP contribution in [0.5, 0.6) is 0 Å². The van der Waals surface area contributed by atoms with Gasteiger partial charge >= 0.3 is 0 Å². The molecule has 3 nitrogen and oxygen atoms in total. The molecule has 1 unspecified atom stereocenters. The zero-order valence-corrected chi connectivity index (χ0v) is 10.3. The Hall–Kier alpha value is -1.06. The van der Waals surface area contributed by atoms with E-state index in [1.165, 1.54) is 0 Å². The third kappa shape index (κ3) is 1.93. The van der Waals surface area contributed by atoms with Gasteiger partial charge in [0.05, 0.1) is 10.5 Å². The smallest absolute Gasteiger partial charge is 0.111 e. The van der Waals surface area contributed by atoms with Crippen molar-refractivity contribution < 1.29 is 0 Å². The van der Waals surface area contributed by atoms with Crippen LogP contribution >= 0.6 is 11.6 Å². The Kier molecular flexibility index (Phi) is 3.17. The molecule has 2 rings (SSSR count). The zero-order valence-electron chi connectivity index (χ0n) is 9.50. The average molecular weight is 238 g/mol. The number of aromatic amines is 1. The first-order chi connectivity index (χ1) is 7.63. The van der Waals surface area contributed by atoms with Crippen molar-refractivity contribution >= 4 is 22.6 Å². The Morgan fingerprint density at radius 3 is 2.75 bits per heavy atom. The Morgan fingerprint density at radius 1 is 1.44 bits per heavy atom. The quantitative estimate of drug-likeness (QED) is 0.863. The number of para-hydroxylation sites is 1. The van der Waals surface area contributed by atoms with Gasteiger partial charge in [-0.25, -0.2) is 4.98 Å². The SMILES string of the molecule is CC(C)C(CN)c1nc2c(Cl)cccc2[nH]1. The Labute approximate surface area is 100 Å². The molecular formula is C12H16ClN3. The monoisotopic (exact) mass is 237 g/mol. The summed E-state index contributed by atoms with van der Waals surface area (Å²) in [6, 6.07) is 5.74. The summed E-state index contributed by atoms with van der Waals surface area (Å²) in [5.41, 5.74) is 7.58. The van der Waals surface area contributed by atoms with Gasteiger partial charge in [0.1, 0.15) is 11.3 Å². The molecule has 3 N–H and O–H groups in total. The van der Waals surface area contributed by atoms with E-state index < -0.39 is 0 Å². The molecule has 0 bridgehead atoms. The van der Waals surface area contributed by atoms with Crippen molar-refractivity contribution in [3.8, 4) is 0 Å². The van der Waals surface area contributed by atoms with Crippen LogP contribution in [0, 0.1) is 5.92 Å². The molecule has 0 spiro atoms. The molecule has 1 aromatic carbocycles. The number of nitrogens with two attached hydrogens (primary N) is 1. The fraction of sp³-hybridized carbons (Fsp3) is 0.417. The lowest BCUT2D eigenvalue weighted by molar-refractivity contribution is 0.488. The summed E-state index contributed by atoms with van der Waals surface area (Å²) in [5.74, 6) is 1.65. The van der Waals surface area contributed by atoms with Crippen molar-refractivity contribution in [1.82, 2.24) is 9.97 Å². The van der Waals surface area contributed by atoms with Gasteiger partial charge < -0.3 is 10.7 Å². The molecule has 0 saturated carbocycles. The molecular weight excluding hydrogens is 222 g/mol. The van der Waals surface area contributed by atoms with Gasteiger partial charge in [-0.2, -0.15) is 0 Å². The van der Waals surface area contributed by atoms with E-state index in [1.54, 1.807) is 0 Å². The molecule has 0 aliphatic rings. The van der Waals surface area contributed by atoms with Crippen LogP contribution in [0.25, 0.3) is 11.0 Å². The number of aromatic nitrogens is 2. The summed E-state index contributed by atoms with van der Waals surface area (Å²) in [6.07, 6.45) is 0. The van der Waals surface area contributed by atoms with E-state index in [4.69, 9.17) is 17.3 Å². The van der Waals surface area contributed by atoms with Crippen LogP contribution < -0.4 is 5.73 Å². The van der Waals surface area contributed by atoms with Crippen molar-refractivity contribution in [2.75, 3.05) is 6.54 Å². The second-order valence-corrected chi connectivity index (χ2v) is 4.75. The molecule has 0 radical (unpaired) electrons. The first-order valence-corrected chi connectivity index (χ1v) is 5.85. The van der Waals surface area contributed by atoms with Gasteiger partial charge in [-0.05, 0) is 18.1 Å². The molecule has 0 aliphatic heterocycles. The van der Waals surface area contributed by atoms with Crippen LogP contribution in [0.3, 0.4) is 0 Å². The summed E-state index contributed by atoms with van der Waals surface area (Å²) in [7, 11) is 0. The second-order valence-electron chi connectivity index (χ2n) is 4.34. The molecule has 1 heterocycles. The first kappa shape index (κ1) is 11.4. The minimum absolute atomic E-state index is 0.253. The highest BCUT2D eigenvalue weighted by Gasteiger charge is 2.18. The molecule has 0 aliphatic carbocycles. The fourth-order valence-corrected chi connectivity index (χ4v) is 2.11. The van der Waals surface area contributed by atoms with Gasteiger partial charge in [0, 0.05) is 12.5 Å². The Morgan fingerprint density at radius 2 is 2.19 bits per heavy atom. The van der Waals surface area contributed by atoms with Crippen LogP contribution in [0.2, 0.25) is 5.02 Å². The van der Waals surface area contributed by atoms with Crippen molar-refractivity contribution in [3.63, 3.8) is 0 Å². The molecule has 4 heteroatoms. The number of fused-ring (bicyclic) bond motifs is 1. The number of nitrogens with zero attached hydrogens (tertiary/aromatic N) is 1. The zero-order chi connectivity index (χ0) is 11.7. The number of rotatable bonds is 3. The number of nitrogens with one attached hydrogen (secondary N) is 1. The summed E-state index contributed by atoms with van der Waals surface area (Å²) in [6.45, 7) is 4.88. The van der Waals surface area contributed by atoms with E-state index in [0.717, 1.165) is 16.9 Å². The molecule has 0 saturated heterocycles. The summed E-state index contributed by atoms with van der Waals surface area (Å²) >= 11 is 6.08. The van der Waals surface area contributed by atoms with Crippen molar-refractivity contribution in [2.45, 2.75) is 19.8 Å². The van der Waals surface area contributed by atoms with Crippen molar-refractivity contribution in [2.24, 2.45) is 11.7 Å². The van der Waals surface area contributed by atoms with Gasteiger partial charge in [-0.15, -0.1) is 0 Å². The summed E-state index contributed by atoms with van der Waals surface area (Å²) < 4.78 is 0. The number of hydrogen-bond donors (Lipinski definition) is 2. The molecule has 0 fully saturated rings. The normalized spacial score (nSPS) is 13.6. The van der Waals surface area contributed by atoms with Gasteiger partial charge in [0.2, 0.25) is 0 Å². The second kappa shape index (κ2) is 4.44. The number of hydrogen-bond acceptors (Lipinski definition) is 2. The van der Waals surface area contributed by atoms with E-state index in [9.17, 15) is 0 Å². The predicted octanol–water partition coefficient (Wildman–Crippen LogP) is 2.91. The van der Waals surface area contributed by atoms with E-state index in [1.807, 2.05) is 18.2 Å². The molecule has 86 valence electrons. The number of halogens is 1. The van der Waals surface area contributed by atoms with Crippen LogP contribution in [-0.4, -0.2) is 16.5 Å². The lowest BCUT2D eigenvalue weighted by Crippen LogP contribution is -2.18. The fourth-order valence-electron chi connectivity index (χ4n) is 1.89. The largest absolute Gasteiger partial charge is 0.342 e. The van der Waals surface area contributed by atoms with E-state index in [-0.39, 0.29) is 5.92 Å². The topological polar surface area (TPSA) is 54.7 Å². The van der Waals surface area contributed by atoms with E-state index in [0.29, 0.717) is 17.5 Å². The summed E-state index contributed by atoms with van der Waals surface area (Å²) in [5, 5.41) is 0.680. The maximum atomic E-state index is 6.08. The molecule has 16 heavy (non-hydrogen) atoms. The lowest BCUT2D eigenvalue weighted by Gasteiger charge is -2.15. The number of imidazole rings is 1. The molecule has 0 amide bonds. The van der Waals surface area contributed by atoms with Gasteiger partial charge in [-0.1, -0.05) is 31.5 Å². The van der Waals surface area contributed by atoms with Crippen LogP contribution in [0.1, 0.15) is 25.6 Å². The lowest BCUT2D eigenvalue weighted by atomic mass is 9.95. The number of H-pyrrole nitrogens is 1. The third-order valence-electron chi connectivity index (χ3n) is 2.89. The minimum Gasteiger partial charge on any atom is -0.342 e. The average Bonchev–Trinajstić information content (AvgIpc) is 2.63. The molecule has 1 aromatic heterocycles. The van der Waals surface area contributed by atoms with Crippen molar-refractivity contribution in [3.05, 3.63) is 29.0 Å². The Bertz CT molecular complexity index is 490. The van der Waals surface area contributed by atoms with E-state index >= 15 is 0 Å². The first-order valence-electron chi connectivity index (χ1n) is 5.47. The van der Waals surface area contributed by atoms with Crippen LogP contribution in [-0.2, 0) is 0 Å². The van der Waals surface area contributed by atoms with Crippen molar-refractivity contribution in [1.29, 1.82) is 0 Å². The highest BCUT2D eigenvalue weighted by Crippen LogP contribution is 2.26. The minimum atomic E-state index is 0.253. The summed E-state index contributed by atoms with van der Waals surface area (Å²) in [4.78, 5) is 7.83. The third-order valence-corrected chi connectivity index (χ3v) is 3.20. The van der Waals surface area contributed by atoms with Gasteiger partial charge in [-0.3, -0.25) is 0 Å². The van der Waals surface area contributed by atoms with Crippen LogP contribution in [0.15, 0.2) is 18.2 Å². The van der Waals surface area contributed by atoms with E-state index in [2.05, 4.69) is 23.8 Å². The van der Waals surface area contributed by atoms with Gasteiger partial charge in [0.25, 0.3) is 0 Å². The van der Waals surface area contributed by atoms with Gasteiger partial charge in [0.15, 0.2) is 0 Å². The molecule has 1 atom stereocenters. The van der Waals surface area contributed by atoms with Crippen LogP contribution in [0.4, 0.5) is 0 Å². The standard InChI is InChI=1S/C12H16ClN3/c1-7(2)8(6-14)12-15-10-5-3-4-9(13)11(10)16-12/h3-5,7-8H,6,14H2,1-2H3,(H,15,16). The Balaban J connectivity index is 2.50. The maximum absolute atomic E-state index is 6.08.